The van der Waals surface area contributed by atoms with Crippen molar-refractivity contribution in [3.8, 4) is 0 Å². The Kier molecular flexibility index (Phi) is 5.71. The van der Waals surface area contributed by atoms with E-state index in [1.165, 1.54) is 25.5 Å². The third kappa shape index (κ3) is 5.22. The van der Waals surface area contributed by atoms with Gasteiger partial charge in [0.05, 0.1) is 5.25 Å². The van der Waals surface area contributed by atoms with Crippen LogP contribution in [0.5, 0.6) is 0 Å². The molecule has 21 heavy (non-hydrogen) atoms. The van der Waals surface area contributed by atoms with Gasteiger partial charge in [0.2, 0.25) is 0 Å². The van der Waals surface area contributed by atoms with Crippen molar-refractivity contribution < 1.29 is 13.2 Å². The molecule has 1 saturated heterocycles. The Labute approximate surface area is 129 Å². The van der Waals surface area contributed by atoms with Crippen LogP contribution in [0.4, 0.5) is 0 Å². The second kappa shape index (κ2) is 6.97. The zero-order valence-electron chi connectivity index (χ0n) is 13.7. The average Bonchev–Trinajstić information content (AvgIpc) is 2.85. The Morgan fingerprint density at radius 2 is 1.81 bits per heavy atom. The molecule has 0 bridgehead atoms. The van der Waals surface area contributed by atoms with Crippen molar-refractivity contribution in [2.75, 3.05) is 26.0 Å². The van der Waals surface area contributed by atoms with Crippen LogP contribution in [0.25, 0.3) is 0 Å². The Morgan fingerprint density at radius 1 is 1.14 bits per heavy atom. The molecule has 2 rings (SSSR count). The summed E-state index contributed by atoms with van der Waals surface area (Å²) in [6.45, 7) is 7.28. The van der Waals surface area contributed by atoms with E-state index in [1.807, 2.05) is 0 Å². The van der Waals surface area contributed by atoms with Gasteiger partial charge in [-0.3, -0.25) is 0 Å². The van der Waals surface area contributed by atoms with Crippen LogP contribution in [-0.2, 0) is 14.6 Å². The van der Waals surface area contributed by atoms with Gasteiger partial charge in [0, 0.05) is 32.1 Å². The minimum Gasteiger partial charge on any atom is -0.381 e. The second-order valence-corrected chi connectivity index (χ2v) is 9.97. The summed E-state index contributed by atoms with van der Waals surface area (Å²) in [5, 5.41) is 3.37. The topological polar surface area (TPSA) is 55.4 Å². The van der Waals surface area contributed by atoms with E-state index < -0.39 is 9.84 Å². The molecule has 0 radical (unpaired) electrons. The zero-order valence-corrected chi connectivity index (χ0v) is 14.5. The van der Waals surface area contributed by atoms with Crippen LogP contribution in [0.1, 0.15) is 52.4 Å². The Balaban J connectivity index is 1.83. The molecular formula is C16H31NO3S. The summed E-state index contributed by atoms with van der Waals surface area (Å²) in [4.78, 5) is 0. The molecule has 5 heteroatoms. The molecule has 0 aromatic carbocycles. The fourth-order valence-electron chi connectivity index (χ4n) is 3.88. The summed E-state index contributed by atoms with van der Waals surface area (Å²) in [6.07, 6.45) is 7.74. The van der Waals surface area contributed by atoms with Gasteiger partial charge < -0.3 is 10.1 Å². The molecule has 0 aromatic heterocycles. The Morgan fingerprint density at radius 3 is 2.43 bits per heavy atom. The van der Waals surface area contributed by atoms with E-state index >= 15 is 0 Å². The predicted molar refractivity (Wildman–Crippen MR) is 86.2 cm³/mol. The van der Waals surface area contributed by atoms with Crippen molar-refractivity contribution in [1.29, 1.82) is 0 Å². The predicted octanol–water partition coefficient (Wildman–Crippen LogP) is 2.38. The molecule has 0 aromatic rings. The van der Waals surface area contributed by atoms with Gasteiger partial charge >= 0.3 is 0 Å². The number of rotatable bonds is 6. The molecule has 2 fully saturated rings. The molecular weight excluding hydrogens is 286 g/mol. The lowest BCUT2D eigenvalue weighted by atomic mass is 9.79. The van der Waals surface area contributed by atoms with Crippen LogP contribution < -0.4 is 5.32 Å². The molecule has 1 aliphatic carbocycles. The lowest BCUT2D eigenvalue weighted by molar-refractivity contribution is 0.0509. The van der Waals surface area contributed by atoms with E-state index in [0.29, 0.717) is 0 Å². The Bertz CT molecular complexity index is 427. The molecule has 4 nitrogen and oxygen atoms in total. The summed E-state index contributed by atoms with van der Waals surface area (Å²) in [5.74, 6) is 0.754. The molecule has 1 N–H and O–H groups in total. The third-order valence-electron chi connectivity index (χ3n) is 5.03. The van der Waals surface area contributed by atoms with Gasteiger partial charge in [-0.15, -0.1) is 0 Å². The summed E-state index contributed by atoms with van der Waals surface area (Å²) >= 11 is 0. The molecule has 2 atom stereocenters. The van der Waals surface area contributed by atoms with Gasteiger partial charge in [-0.05, 0) is 43.4 Å². The van der Waals surface area contributed by atoms with Gasteiger partial charge in [-0.1, -0.05) is 20.3 Å². The number of hydrogen-bond acceptors (Lipinski definition) is 4. The first-order valence-electron chi connectivity index (χ1n) is 8.28. The average molecular weight is 317 g/mol. The molecule has 1 aliphatic heterocycles. The highest BCUT2D eigenvalue weighted by molar-refractivity contribution is 7.91. The minimum absolute atomic E-state index is 0.147. The maximum atomic E-state index is 11.8. The molecule has 124 valence electrons. The SMILES string of the molecule is CC(C)(CN[C@H]1CCC[C@H]1S(C)(=O)=O)CC1CCOCC1. The Hall–Kier alpha value is -0.130. The monoisotopic (exact) mass is 317 g/mol. The van der Waals surface area contributed by atoms with Crippen molar-refractivity contribution in [2.24, 2.45) is 11.3 Å². The first-order valence-corrected chi connectivity index (χ1v) is 10.2. The van der Waals surface area contributed by atoms with Gasteiger partial charge in [-0.25, -0.2) is 8.42 Å². The molecule has 0 amide bonds. The number of ether oxygens (including phenoxy) is 1. The lowest BCUT2D eigenvalue weighted by Crippen LogP contribution is -2.44. The van der Waals surface area contributed by atoms with Gasteiger partial charge in [0.25, 0.3) is 0 Å². The maximum Gasteiger partial charge on any atom is 0.151 e. The summed E-state index contributed by atoms with van der Waals surface area (Å²) in [7, 11) is -2.93. The van der Waals surface area contributed by atoms with E-state index in [9.17, 15) is 8.42 Å². The minimum atomic E-state index is -2.93. The van der Waals surface area contributed by atoms with Gasteiger partial charge in [0.15, 0.2) is 9.84 Å². The van der Waals surface area contributed by atoms with E-state index in [4.69, 9.17) is 4.74 Å². The largest absolute Gasteiger partial charge is 0.381 e. The summed E-state index contributed by atoms with van der Waals surface area (Å²) < 4.78 is 29.1. The lowest BCUT2D eigenvalue weighted by Gasteiger charge is -2.33. The molecule has 0 spiro atoms. The summed E-state index contributed by atoms with van der Waals surface area (Å²) in [6, 6.07) is 0.147. The van der Waals surface area contributed by atoms with Crippen molar-refractivity contribution >= 4 is 9.84 Å². The number of nitrogens with one attached hydrogen (secondary N) is 1. The fourth-order valence-corrected chi connectivity index (χ4v) is 5.31. The zero-order chi connectivity index (χ0) is 15.5. The molecule has 1 saturated carbocycles. The van der Waals surface area contributed by atoms with Crippen molar-refractivity contribution in [2.45, 2.75) is 63.7 Å². The van der Waals surface area contributed by atoms with Crippen LogP contribution in [0.3, 0.4) is 0 Å². The van der Waals surface area contributed by atoms with E-state index in [-0.39, 0.29) is 16.7 Å². The van der Waals surface area contributed by atoms with Crippen LogP contribution in [-0.4, -0.2) is 45.7 Å². The summed E-state index contributed by atoms with van der Waals surface area (Å²) in [5.41, 5.74) is 0.215. The highest BCUT2D eigenvalue weighted by atomic mass is 32.2. The van der Waals surface area contributed by atoms with Crippen molar-refractivity contribution in [1.82, 2.24) is 5.32 Å². The van der Waals surface area contributed by atoms with Gasteiger partial charge in [0.1, 0.15) is 0 Å². The molecule has 2 aliphatic rings. The highest BCUT2D eigenvalue weighted by Crippen LogP contribution is 2.32. The van der Waals surface area contributed by atoms with Crippen molar-refractivity contribution in [3.05, 3.63) is 0 Å². The van der Waals surface area contributed by atoms with Crippen molar-refractivity contribution in [3.63, 3.8) is 0 Å². The van der Waals surface area contributed by atoms with Crippen LogP contribution in [0.15, 0.2) is 0 Å². The smallest absolute Gasteiger partial charge is 0.151 e. The molecule has 1 heterocycles. The first kappa shape index (κ1) is 17.2. The normalized spacial score (nSPS) is 28.9. The highest BCUT2D eigenvalue weighted by Gasteiger charge is 2.35. The fraction of sp³-hybridized carbons (Fsp3) is 1.00. The first-order chi connectivity index (χ1) is 9.78. The third-order valence-corrected chi connectivity index (χ3v) is 6.69. The number of hydrogen-bond donors (Lipinski definition) is 1. The van der Waals surface area contributed by atoms with Gasteiger partial charge in [-0.2, -0.15) is 0 Å². The maximum absolute atomic E-state index is 11.8. The molecule has 0 unspecified atom stereocenters. The van der Waals surface area contributed by atoms with Crippen LogP contribution in [0.2, 0.25) is 0 Å². The second-order valence-electron chi connectivity index (χ2n) is 7.71. The van der Waals surface area contributed by atoms with E-state index in [1.54, 1.807) is 0 Å². The van der Waals surface area contributed by atoms with E-state index in [0.717, 1.165) is 44.9 Å². The quantitative estimate of drug-likeness (QED) is 0.817. The number of sulfone groups is 1. The standard InChI is InChI=1S/C16H31NO3S/c1-16(2,11-13-7-9-20-10-8-13)12-17-14-5-4-6-15(14)21(3,18)19/h13-15,17H,4-12H2,1-3H3/t14-,15+/m0/s1. The van der Waals surface area contributed by atoms with Crippen LogP contribution >= 0.6 is 0 Å². The van der Waals surface area contributed by atoms with E-state index in [2.05, 4.69) is 19.2 Å². The van der Waals surface area contributed by atoms with Crippen LogP contribution in [0, 0.1) is 11.3 Å².